The summed E-state index contributed by atoms with van der Waals surface area (Å²) in [5, 5.41) is 15.5. The number of nitrogens with one attached hydrogen (secondary N) is 2. The van der Waals surface area contributed by atoms with Crippen LogP contribution in [0.2, 0.25) is 0 Å². The molecule has 0 radical (unpaired) electrons. The minimum absolute atomic E-state index is 0.0574. The van der Waals surface area contributed by atoms with Crippen LogP contribution in [0.5, 0.6) is 0 Å². The predicted octanol–water partition coefficient (Wildman–Crippen LogP) is 4.50. The highest BCUT2D eigenvalue weighted by Gasteiger charge is 2.12. The monoisotopic (exact) mass is 362 g/mol. The number of rotatable bonds is 6. The van der Waals surface area contributed by atoms with E-state index in [4.69, 9.17) is 0 Å². The van der Waals surface area contributed by atoms with E-state index >= 15 is 0 Å². The Hall–Kier alpha value is -3.53. The maximum Gasteiger partial charge on any atom is 0.225 e. The van der Waals surface area contributed by atoms with Crippen LogP contribution in [0.25, 0.3) is 11.3 Å². The molecule has 0 aliphatic heterocycles. The summed E-state index contributed by atoms with van der Waals surface area (Å²) >= 11 is 0. The van der Waals surface area contributed by atoms with Gasteiger partial charge in [-0.05, 0) is 37.6 Å². The van der Waals surface area contributed by atoms with Gasteiger partial charge in [0.05, 0.1) is 11.4 Å². The summed E-state index contributed by atoms with van der Waals surface area (Å²) in [6, 6.07) is 12.0. The Kier molecular flexibility index (Phi) is 5.57. The molecule has 0 spiro atoms. The molecule has 2 heterocycles. The molecule has 0 bridgehead atoms. The molecule has 1 atom stereocenters. The minimum Gasteiger partial charge on any atom is -0.352 e. The van der Waals surface area contributed by atoms with E-state index in [0.717, 1.165) is 12.0 Å². The van der Waals surface area contributed by atoms with Crippen LogP contribution < -0.4 is 10.6 Å². The van der Waals surface area contributed by atoms with Crippen molar-refractivity contribution >= 4 is 17.5 Å². The van der Waals surface area contributed by atoms with E-state index in [-0.39, 0.29) is 11.6 Å². The van der Waals surface area contributed by atoms with Gasteiger partial charge in [0.25, 0.3) is 0 Å². The molecule has 0 saturated carbocycles. The normalized spacial score (nSPS) is 11.5. The van der Waals surface area contributed by atoms with Gasteiger partial charge in [-0.25, -0.2) is 9.37 Å². The zero-order valence-corrected chi connectivity index (χ0v) is 15.1. The van der Waals surface area contributed by atoms with Crippen LogP contribution >= 0.6 is 0 Å². The van der Waals surface area contributed by atoms with Gasteiger partial charge in [0.1, 0.15) is 23.3 Å². The fourth-order valence-electron chi connectivity index (χ4n) is 2.45. The average Bonchev–Trinajstić information content (AvgIpc) is 2.68. The lowest BCUT2D eigenvalue weighted by molar-refractivity contribution is 0.624. The highest BCUT2D eigenvalue weighted by atomic mass is 19.1. The minimum atomic E-state index is -0.580. The van der Waals surface area contributed by atoms with Gasteiger partial charge in [-0.1, -0.05) is 13.0 Å². The van der Waals surface area contributed by atoms with Crippen molar-refractivity contribution in [3.63, 3.8) is 0 Å². The van der Waals surface area contributed by atoms with Crippen LogP contribution in [0, 0.1) is 17.1 Å². The Bertz CT molecular complexity index is 968. The van der Waals surface area contributed by atoms with E-state index in [0.29, 0.717) is 23.1 Å². The van der Waals surface area contributed by atoms with Crippen molar-refractivity contribution in [2.75, 3.05) is 10.6 Å². The summed E-state index contributed by atoms with van der Waals surface area (Å²) in [4.78, 5) is 13.1. The lowest BCUT2D eigenvalue weighted by Crippen LogP contribution is -2.16. The van der Waals surface area contributed by atoms with Gasteiger partial charge in [0.2, 0.25) is 5.95 Å². The van der Waals surface area contributed by atoms with Crippen molar-refractivity contribution in [2.45, 2.75) is 26.3 Å². The third-order valence-electron chi connectivity index (χ3n) is 4.08. The summed E-state index contributed by atoms with van der Waals surface area (Å²) in [6.07, 6.45) is 4.29. The second-order valence-corrected chi connectivity index (χ2v) is 6.05. The maximum absolute atomic E-state index is 13.9. The first-order valence-electron chi connectivity index (χ1n) is 8.62. The summed E-state index contributed by atoms with van der Waals surface area (Å²) in [6.45, 7) is 4.10. The van der Waals surface area contributed by atoms with E-state index in [2.05, 4.69) is 32.5 Å². The van der Waals surface area contributed by atoms with Crippen LogP contribution in [0.1, 0.15) is 25.8 Å². The Morgan fingerprint density at radius 1 is 1.19 bits per heavy atom. The van der Waals surface area contributed by atoms with Gasteiger partial charge in [-0.15, -0.1) is 0 Å². The molecule has 27 heavy (non-hydrogen) atoms. The highest BCUT2D eigenvalue weighted by Crippen LogP contribution is 2.26. The molecule has 7 heteroatoms. The molecule has 0 amide bonds. The number of nitrogens with zero attached hydrogens (tertiary/aromatic N) is 4. The number of nitriles is 1. The van der Waals surface area contributed by atoms with Gasteiger partial charge < -0.3 is 10.6 Å². The number of aromatic nitrogens is 3. The maximum atomic E-state index is 13.9. The molecule has 0 unspecified atom stereocenters. The fourth-order valence-corrected chi connectivity index (χ4v) is 2.45. The quantitative estimate of drug-likeness (QED) is 0.671. The number of halogens is 1. The molecule has 6 nitrogen and oxygen atoms in total. The van der Waals surface area contributed by atoms with Crippen LogP contribution in [0.3, 0.4) is 0 Å². The summed E-state index contributed by atoms with van der Waals surface area (Å²) in [5.74, 6) is 0.338. The van der Waals surface area contributed by atoms with E-state index in [9.17, 15) is 9.65 Å². The van der Waals surface area contributed by atoms with Crippen LogP contribution in [0.4, 0.5) is 21.8 Å². The first-order valence-corrected chi connectivity index (χ1v) is 8.62. The summed E-state index contributed by atoms with van der Waals surface area (Å²) < 4.78 is 13.9. The van der Waals surface area contributed by atoms with Crippen molar-refractivity contribution in [3.05, 3.63) is 60.2 Å². The molecule has 0 fully saturated rings. The molecule has 0 aliphatic carbocycles. The number of pyridine rings is 1. The average molecular weight is 362 g/mol. The Balaban J connectivity index is 2.03. The Morgan fingerprint density at radius 2 is 1.96 bits per heavy atom. The standard InChI is InChI=1S/C20H19FN6/c1-3-13(2)24-20-26-18(14-7-9-23-10-8-14)11-19(27-20)25-17-6-4-5-16(21)15(17)12-22/h4-11,13H,3H2,1-2H3,(H2,24,25,26,27)/t13-/m0/s1. The largest absolute Gasteiger partial charge is 0.352 e. The fraction of sp³-hybridized carbons (Fsp3) is 0.200. The highest BCUT2D eigenvalue weighted by molar-refractivity contribution is 5.70. The molecule has 136 valence electrons. The first-order chi connectivity index (χ1) is 13.1. The molecule has 1 aromatic carbocycles. The van der Waals surface area contributed by atoms with Crippen LogP contribution in [0.15, 0.2) is 48.8 Å². The molecular weight excluding hydrogens is 343 g/mol. The van der Waals surface area contributed by atoms with Crippen LogP contribution in [-0.2, 0) is 0 Å². The number of anilines is 3. The third-order valence-corrected chi connectivity index (χ3v) is 4.08. The van der Waals surface area contributed by atoms with E-state index in [1.807, 2.05) is 25.1 Å². The lowest BCUT2D eigenvalue weighted by atomic mass is 10.1. The SMILES string of the molecule is CC[C@H](C)Nc1nc(Nc2cccc(F)c2C#N)cc(-c2ccncc2)n1. The molecule has 3 aromatic rings. The molecule has 0 aliphatic rings. The van der Waals surface area contributed by atoms with Crippen LogP contribution in [-0.4, -0.2) is 21.0 Å². The molecule has 2 N–H and O–H groups in total. The molecular formula is C20H19FN6. The second kappa shape index (κ2) is 8.23. The number of benzene rings is 1. The molecule has 0 saturated heterocycles. The summed E-state index contributed by atoms with van der Waals surface area (Å²) in [5.41, 5.74) is 1.86. The van der Waals surface area contributed by atoms with E-state index in [1.54, 1.807) is 30.6 Å². The molecule has 3 rings (SSSR count). The first kappa shape index (κ1) is 18.3. The second-order valence-electron chi connectivity index (χ2n) is 6.05. The van der Waals surface area contributed by atoms with E-state index < -0.39 is 5.82 Å². The topological polar surface area (TPSA) is 86.5 Å². The number of hydrogen-bond donors (Lipinski definition) is 2. The van der Waals surface area contributed by atoms with Gasteiger partial charge in [0.15, 0.2) is 0 Å². The summed E-state index contributed by atoms with van der Waals surface area (Å²) in [7, 11) is 0. The van der Waals surface area contributed by atoms with Crippen molar-refractivity contribution in [3.8, 4) is 17.3 Å². The zero-order valence-electron chi connectivity index (χ0n) is 15.1. The van der Waals surface area contributed by atoms with Crippen molar-refractivity contribution in [1.29, 1.82) is 5.26 Å². The van der Waals surface area contributed by atoms with Crippen molar-refractivity contribution in [1.82, 2.24) is 15.0 Å². The molecule has 2 aromatic heterocycles. The van der Waals surface area contributed by atoms with Gasteiger partial charge >= 0.3 is 0 Å². The van der Waals surface area contributed by atoms with Crippen molar-refractivity contribution < 1.29 is 4.39 Å². The Morgan fingerprint density at radius 3 is 2.67 bits per heavy atom. The zero-order chi connectivity index (χ0) is 19.2. The van der Waals surface area contributed by atoms with Gasteiger partial charge in [-0.3, -0.25) is 4.98 Å². The number of hydrogen-bond acceptors (Lipinski definition) is 6. The van der Waals surface area contributed by atoms with Gasteiger partial charge in [-0.2, -0.15) is 10.2 Å². The Labute approximate surface area is 157 Å². The predicted molar refractivity (Wildman–Crippen MR) is 103 cm³/mol. The van der Waals surface area contributed by atoms with E-state index in [1.165, 1.54) is 6.07 Å². The smallest absolute Gasteiger partial charge is 0.225 e. The third kappa shape index (κ3) is 4.36. The van der Waals surface area contributed by atoms with Crippen molar-refractivity contribution in [2.24, 2.45) is 0 Å². The van der Waals surface area contributed by atoms with Gasteiger partial charge in [0, 0.05) is 30.1 Å². The lowest BCUT2D eigenvalue weighted by Gasteiger charge is -2.15.